The quantitative estimate of drug-likeness (QED) is 0.630. The SMILES string of the molecule is CCC.CCCN(Cc1ncc(-c2ccc(N)cc2)[nH]1)C(=O)CNC(=O)OC. The van der Waals surface area contributed by atoms with Crippen LogP contribution < -0.4 is 11.1 Å². The predicted molar refractivity (Wildman–Crippen MR) is 111 cm³/mol. The molecule has 4 N–H and O–H groups in total. The van der Waals surface area contributed by atoms with Crippen LogP contribution in [0.5, 0.6) is 0 Å². The Bertz CT molecular complexity index is 728. The van der Waals surface area contributed by atoms with Gasteiger partial charge in [-0.25, -0.2) is 9.78 Å². The number of nitrogens with zero attached hydrogens (tertiary/aromatic N) is 2. The number of alkyl carbamates (subject to hydrolysis) is 1. The van der Waals surface area contributed by atoms with Gasteiger partial charge in [-0.3, -0.25) is 4.79 Å². The van der Waals surface area contributed by atoms with E-state index in [1.165, 1.54) is 13.5 Å². The Balaban J connectivity index is 0.00000122. The fourth-order valence-electron chi connectivity index (χ4n) is 2.33. The monoisotopic (exact) mass is 389 g/mol. The molecule has 2 aromatic rings. The lowest BCUT2D eigenvalue weighted by atomic mass is 10.1. The summed E-state index contributed by atoms with van der Waals surface area (Å²) in [5, 5.41) is 2.40. The molecule has 0 aliphatic rings. The van der Waals surface area contributed by atoms with Gasteiger partial charge in [0.15, 0.2) is 0 Å². The lowest BCUT2D eigenvalue weighted by molar-refractivity contribution is -0.130. The van der Waals surface area contributed by atoms with Gasteiger partial charge in [-0.15, -0.1) is 0 Å². The highest BCUT2D eigenvalue weighted by atomic mass is 16.5. The maximum absolute atomic E-state index is 12.3. The molecule has 8 nitrogen and oxygen atoms in total. The summed E-state index contributed by atoms with van der Waals surface area (Å²) < 4.78 is 4.47. The number of aromatic amines is 1. The zero-order chi connectivity index (χ0) is 20.9. The van der Waals surface area contributed by atoms with Crippen molar-refractivity contribution in [3.63, 3.8) is 0 Å². The van der Waals surface area contributed by atoms with E-state index in [0.717, 1.165) is 17.7 Å². The highest BCUT2D eigenvalue weighted by molar-refractivity contribution is 5.82. The van der Waals surface area contributed by atoms with Crippen LogP contribution in [0.4, 0.5) is 10.5 Å². The molecule has 8 heteroatoms. The summed E-state index contributed by atoms with van der Waals surface area (Å²) in [5.74, 6) is 0.476. The molecule has 1 heterocycles. The average Bonchev–Trinajstić information content (AvgIpc) is 3.15. The number of imidazole rings is 1. The minimum atomic E-state index is -0.631. The van der Waals surface area contributed by atoms with E-state index in [9.17, 15) is 9.59 Å². The van der Waals surface area contributed by atoms with E-state index in [4.69, 9.17) is 5.73 Å². The fraction of sp³-hybridized carbons (Fsp3) is 0.450. The van der Waals surface area contributed by atoms with E-state index in [0.29, 0.717) is 24.6 Å². The van der Waals surface area contributed by atoms with Crippen molar-refractivity contribution in [2.45, 2.75) is 40.2 Å². The summed E-state index contributed by atoms with van der Waals surface area (Å²) in [6.45, 7) is 7.03. The molecule has 2 rings (SSSR count). The first-order valence-corrected chi connectivity index (χ1v) is 9.44. The second-order valence-corrected chi connectivity index (χ2v) is 6.23. The van der Waals surface area contributed by atoms with Crippen LogP contribution in [0.3, 0.4) is 0 Å². The van der Waals surface area contributed by atoms with Gasteiger partial charge >= 0.3 is 6.09 Å². The Morgan fingerprint density at radius 1 is 1.21 bits per heavy atom. The highest BCUT2D eigenvalue weighted by Gasteiger charge is 2.16. The smallest absolute Gasteiger partial charge is 0.407 e. The van der Waals surface area contributed by atoms with Crippen LogP contribution >= 0.6 is 0 Å². The number of nitrogens with two attached hydrogens (primary N) is 1. The van der Waals surface area contributed by atoms with Crippen LogP contribution in [-0.4, -0.2) is 47.1 Å². The second-order valence-electron chi connectivity index (χ2n) is 6.23. The number of hydrogen-bond donors (Lipinski definition) is 3. The van der Waals surface area contributed by atoms with Crippen molar-refractivity contribution in [2.75, 3.05) is 25.9 Å². The van der Waals surface area contributed by atoms with Gasteiger partial charge in [0.1, 0.15) is 12.4 Å². The number of nitrogens with one attached hydrogen (secondary N) is 2. The van der Waals surface area contributed by atoms with E-state index in [1.54, 1.807) is 11.1 Å². The number of anilines is 1. The van der Waals surface area contributed by atoms with E-state index in [-0.39, 0.29) is 12.5 Å². The molecule has 0 saturated heterocycles. The van der Waals surface area contributed by atoms with E-state index < -0.39 is 6.09 Å². The summed E-state index contributed by atoms with van der Waals surface area (Å²) in [6, 6.07) is 7.45. The average molecular weight is 390 g/mol. The van der Waals surface area contributed by atoms with Gasteiger partial charge in [-0.2, -0.15) is 0 Å². The number of carbonyl (C=O) groups is 2. The van der Waals surface area contributed by atoms with Crippen LogP contribution in [0.25, 0.3) is 11.3 Å². The Hall–Kier alpha value is -3.03. The number of H-pyrrole nitrogens is 1. The Kier molecular flexibility index (Phi) is 10.2. The first kappa shape index (κ1) is 23.0. The van der Waals surface area contributed by atoms with Gasteiger partial charge in [0.05, 0.1) is 25.5 Å². The number of hydrogen-bond acceptors (Lipinski definition) is 5. The fourth-order valence-corrected chi connectivity index (χ4v) is 2.33. The second kappa shape index (κ2) is 12.4. The van der Waals surface area contributed by atoms with Crippen molar-refractivity contribution >= 4 is 17.7 Å². The number of ether oxygens (including phenoxy) is 1. The van der Waals surface area contributed by atoms with Crippen molar-refractivity contribution in [3.8, 4) is 11.3 Å². The van der Waals surface area contributed by atoms with Crippen molar-refractivity contribution in [3.05, 3.63) is 36.3 Å². The number of amides is 2. The molecule has 2 amide bonds. The third-order valence-electron chi connectivity index (χ3n) is 3.61. The summed E-state index contributed by atoms with van der Waals surface area (Å²) in [5.41, 5.74) is 8.21. The van der Waals surface area contributed by atoms with Gasteiger partial charge in [0.2, 0.25) is 5.91 Å². The van der Waals surface area contributed by atoms with E-state index >= 15 is 0 Å². The molecule has 0 bridgehead atoms. The van der Waals surface area contributed by atoms with Crippen LogP contribution in [-0.2, 0) is 16.1 Å². The van der Waals surface area contributed by atoms with Crippen LogP contribution in [0.2, 0.25) is 0 Å². The Morgan fingerprint density at radius 3 is 2.43 bits per heavy atom. The minimum Gasteiger partial charge on any atom is -0.453 e. The third-order valence-corrected chi connectivity index (χ3v) is 3.61. The first-order valence-electron chi connectivity index (χ1n) is 9.44. The van der Waals surface area contributed by atoms with Gasteiger partial charge in [-0.1, -0.05) is 39.3 Å². The topological polar surface area (TPSA) is 113 Å². The molecule has 0 fully saturated rings. The molecule has 1 aromatic heterocycles. The van der Waals surface area contributed by atoms with Crippen molar-refractivity contribution in [1.29, 1.82) is 0 Å². The molecule has 0 saturated carbocycles. The van der Waals surface area contributed by atoms with Crippen molar-refractivity contribution < 1.29 is 14.3 Å². The number of benzene rings is 1. The number of methoxy groups -OCH3 is 1. The zero-order valence-corrected chi connectivity index (χ0v) is 17.1. The van der Waals surface area contributed by atoms with Crippen LogP contribution in [0.15, 0.2) is 30.5 Å². The van der Waals surface area contributed by atoms with E-state index in [2.05, 4.69) is 33.9 Å². The summed E-state index contributed by atoms with van der Waals surface area (Å²) in [6.07, 6.45) is 3.14. The number of rotatable bonds is 7. The summed E-state index contributed by atoms with van der Waals surface area (Å²) in [7, 11) is 1.26. The molecular weight excluding hydrogens is 358 g/mol. The van der Waals surface area contributed by atoms with Crippen molar-refractivity contribution in [1.82, 2.24) is 20.2 Å². The lowest BCUT2D eigenvalue weighted by Gasteiger charge is -2.21. The number of carbonyl (C=O) groups excluding carboxylic acids is 2. The summed E-state index contributed by atoms with van der Waals surface area (Å²) in [4.78, 5) is 32.6. The maximum Gasteiger partial charge on any atom is 0.407 e. The van der Waals surface area contributed by atoms with E-state index in [1.807, 2.05) is 31.2 Å². The maximum atomic E-state index is 12.3. The third kappa shape index (κ3) is 7.69. The largest absolute Gasteiger partial charge is 0.453 e. The molecule has 0 spiro atoms. The zero-order valence-electron chi connectivity index (χ0n) is 17.1. The number of nitrogen functional groups attached to an aromatic ring is 1. The molecule has 0 aliphatic heterocycles. The normalized spacial score (nSPS) is 9.86. The van der Waals surface area contributed by atoms with Gasteiger partial charge in [-0.05, 0) is 24.1 Å². The lowest BCUT2D eigenvalue weighted by Crippen LogP contribution is -2.40. The summed E-state index contributed by atoms with van der Waals surface area (Å²) >= 11 is 0. The standard InChI is InChI=1S/C17H23N5O3.C3H8/c1-3-8-22(16(23)10-20-17(24)25-2)11-15-19-9-14(21-15)12-4-6-13(18)7-5-12;1-3-2/h4-7,9H,3,8,10-11,18H2,1-2H3,(H,19,21)(H,20,24);3H2,1-2H3. The predicted octanol–water partition coefficient (Wildman–Crippen LogP) is 3.17. The Labute approximate surface area is 166 Å². The molecule has 1 aromatic carbocycles. The van der Waals surface area contributed by atoms with Crippen LogP contribution in [0, 0.1) is 0 Å². The number of aromatic nitrogens is 2. The first-order chi connectivity index (χ1) is 13.4. The van der Waals surface area contributed by atoms with Crippen LogP contribution in [0.1, 0.15) is 39.4 Å². The molecular formula is C20H31N5O3. The molecule has 28 heavy (non-hydrogen) atoms. The minimum absolute atomic E-state index is 0.113. The van der Waals surface area contributed by atoms with Gasteiger partial charge in [0.25, 0.3) is 0 Å². The van der Waals surface area contributed by atoms with Gasteiger partial charge in [0, 0.05) is 12.2 Å². The van der Waals surface area contributed by atoms with Crippen molar-refractivity contribution in [2.24, 2.45) is 0 Å². The van der Waals surface area contributed by atoms with Gasteiger partial charge < -0.3 is 25.7 Å². The molecule has 0 aliphatic carbocycles. The molecule has 0 radical (unpaired) electrons. The highest BCUT2D eigenvalue weighted by Crippen LogP contribution is 2.18. The Morgan fingerprint density at radius 2 is 1.86 bits per heavy atom. The molecule has 154 valence electrons. The molecule has 0 atom stereocenters. The molecule has 0 unspecified atom stereocenters.